The summed E-state index contributed by atoms with van der Waals surface area (Å²) in [7, 11) is 0. The highest BCUT2D eigenvalue weighted by atomic mass is 35.5. The van der Waals surface area contributed by atoms with Gasteiger partial charge in [-0.15, -0.1) is 0 Å². The summed E-state index contributed by atoms with van der Waals surface area (Å²) in [6, 6.07) is 15.9. The third-order valence-electron chi connectivity index (χ3n) is 4.88. The van der Waals surface area contributed by atoms with E-state index < -0.39 is 0 Å². The van der Waals surface area contributed by atoms with Gasteiger partial charge in [-0.1, -0.05) is 23.7 Å². The van der Waals surface area contributed by atoms with Crippen LogP contribution in [0.15, 0.2) is 48.5 Å². The van der Waals surface area contributed by atoms with Crippen molar-refractivity contribution in [3.63, 3.8) is 0 Å². The van der Waals surface area contributed by atoms with E-state index in [-0.39, 0.29) is 6.03 Å². The Balaban J connectivity index is 1.48. The third-order valence-corrected chi connectivity index (χ3v) is 5.11. The van der Waals surface area contributed by atoms with E-state index >= 15 is 0 Å². The maximum Gasteiger partial charge on any atom is 0.319 e. The molecule has 0 saturated carbocycles. The van der Waals surface area contributed by atoms with E-state index in [1.807, 2.05) is 36.4 Å². The fraction of sp³-hybridized carbons (Fsp3) is 0.381. The normalized spacial score (nSPS) is 15.0. The van der Waals surface area contributed by atoms with Gasteiger partial charge in [-0.25, -0.2) is 4.79 Å². The van der Waals surface area contributed by atoms with Crippen molar-refractivity contribution in [1.29, 1.82) is 0 Å². The van der Waals surface area contributed by atoms with E-state index in [0.717, 1.165) is 37.4 Å². The number of halogens is 1. The fourth-order valence-electron chi connectivity index (χ4n) is 3.26. The SMILES string of the molecule is CC(C)N1CCN(c2ccc(NC(=O)NCc3cccc(Cl)c3)cc2)CC1. The Morgan fingerprint density at radius 1 is 1.07 bits per heavy atom. The number of hydrogen-bond donors (Lipinski definition) is 2. The summed E-state index contributed by atoms with van der Waals surface area (Å²) in [6.45, 7) is 9.16. The van der Waals surface area contributed by atoms with Gasteiger partial charge in [0.15, 0.2) is 0 Å². The van der Waals surface area contributed by atoms with Crippen LogP contribution in [0.25, 0.3) is 0 Å². The summed E-state index contributed by atoms with van der Waals surface area (Å²) in [4.78, 5) is 17.0. The first kappa shape index (κ1) is 19.5. The third kappa shape index (κ3) is 5.62. The van der Waals surface area contributed by atoms with E-state index in [1.54, 1.807) is 0 Å². The number of anilines is 2. The number of rotatable bonds is 5. The summed E-state index contributed by atoms with van der Waals surface area (Å²) in [5, 5.41) is 6.38. The minimum atomic E-state index is -0.228. The molecule has 0 atom stereocenters. The highest BCUT2D eigenvalue weighted by molar-refractivity contribution is 6.30. The average molecular weight is 387 g/mol. The van der Waals surface area contributed by atoms with Crippen molar-refractivity contribution in [3.8, 4) is 0 Å². The Kier molecular flexibility index (Phi) is 6.58. The lowest BCUT2D eigenvalue weighted by molar-refractivity contribution is 0.209. The summed E-state index contributed by atoms with van der Waals surface area (Å²) in [6.07, 6.45) is 0. The highest BCUT2D eigenvalue weighted by Gasteiger charge is 2.18. The molecule has 2 amide bonds. The summed E-state index contributed by atoms with van der Waals surface area (Å²) < 4.78 is 0. The number of piperazine rings is 1. The predicted octanol–water partition coefficient (Wildman–Crippen LogP) is 4.19. The Morgan fingerprint density at radius 3 is 2.41 bits per heavy atom. The van der Waals surface area contributed by atoms with Crippen molar-refractivity contribution in [2.75, 3.05) is 36.4 Å². The molecule has 0 aromatic heterocycles. The van der Waals surface area contributed by atoms with Crippen LogP contribution in [-0.4, -0.2) is 43.2 Å². The second-order valence-electron chi connectivity index (χ2n) is 7.10. The van der Waals surface area contributed by atoms with Crippen LogP contribution in [-0.2, 0) is 6.54 Å². The van der Waals surface area contributed by atoms with Crippen molar-refractivity contribution in [2.24, 2.45) is 0 Å². The van der Waals surface area contributed by atoms with Crippen LogP contribution in [0.4, 0.5) is 16.2 Å². The molecule has 2 aromatic rings. The Bertz CT molecular complexity index is 755. The van der Waals surface area contributed by atoms with Crippen molar-refractivity contribution in [2.45, 2.75) is 26.4 Å². The molecule has 5 nitrogen and oxygen atoms in total. The monoisotopic (exact) mass is 386 g/mol. The zero-order valence-corrected chi connectivity index (χ0v) is 16.7. The molecule has 1 aliphatic rings. The molecule has 1 heterocycles. The van der Waals surface area contributed by atoms with Crippen molar-refractivity contribution < 1.29 is 4.79 Å². The van der Waals surface area contributed by atoms with Crippen molar-refractivity contribution in [1.82, 2.24) is 10.2 Å². The molecule has 1 saturated heterocycles. The molecule has 6 heteroatoms. The van der Waals surface area contributed by atoms with Crippen LogP contribution in [0.1, 0.15) is 19.4 Å². The lowest BCUT2D eigenvalue weighted by atomic mass is 10.2. The predicted molar refractivity (Wildman–Crippen MR) is 113 cm³/mol. The van der Waals surface area contributed by atoms with Crippen LogP contribution >= 0.6 is 11.6 Å². The minimum Gasteiger partial charge on any atom is -0.369 e. The van der Waals surface area contributed by atoms with Crippen molar-refractivity contribution >= 4 is 29.0 Å². The quantitative estimate of drug-likeness (QED) is 0.809. The van der Waals surface area contributed by atoms with E-state index in [9.17, 15) is 4.79 Å². The van der Waals surface area contributed by atoms with Gasteiger partial charge in [-0.2, -0.15) is 0 Å². The van der Waals surface area contributed by atoms with Crippen LogP contribution < -0.4 is 15.5 Å². The first-order chi connectivity index (χ1) is 13.0. The zero-order valence-electron chi connectivity index (χ0n) is 15.9. The van der Waals surface area contributed by atoms with E-state index in [0.29, 0.717) is 17.6 Å². The lowest BCUT2D eigenvalue weighted by Gasteiger charge is -2.38. The van der Waals surface area contributed by atoms with Crippen molar-refractivity contribution in [3.05, 3.63) is 59.1 Å². The molecular weight excluding hydrogens is 360 g/mol. The second kappa shape index (κ2) is 9.11. The van der Waals surface area contributed by atoms with E-state index in [1.165, 1.54) is 5.69 Å². The van der Waals surface area contributed by atoms with Gasteiger partial charge in [0, 0.05) is 55.2 Å². The highest BCUT2D eigenvalue weighted by Crippen LogP contribution is 2.20. The minimum absolute atomic E-state index is 0.228. The lowest BCUT2D eigenvalue weighted by Crippen LogP contribution is -2.48. The van der Waals surface area contributed by atoms with Crippen LogP contribution in [0, 0.1) is 0 Å². The number of benzene rings is 2. The standard InChI is InChI=1S/C21H27ClN4O/c1-16(2)25-10-12-26(13-11-25)20-8-6-19(7-9-20)24-21(27)23-15-17-4-3-5-18(22)14-17/h3-9,14,16H,10-13,15H2,1-2H3,(H2,23,24,27). The molecule has 27 heavy (non-hydrogen) atoms. The van der Waals surface area contributed by atoms with Gasteiger partial charge in [0.1, 0.15) is 0 Å². The Labute approximate surface area is 166 Å². The summed E-state index contributed by atoms with van der Waals surface area (Å²) in [5.74, 6) is 0. The Hall–Kier alpha value is -2.24. The molecule has 2 N–H and O–H groups in total. The Morgan fingerprint density at radius 2 is 1.78 bits per heavy atom. The molecule has 0 unspecified atom stereocenters. The first-order valence-electron chi connectivity index (χ1n) is 9.39. The van der Waals surface area contributed by atoms with Crippen LogP contribution in [0.2, 0.25) is 5.02 Å². The average Bonchev–Trinajstić information content (AvgIpc) is 2.67. The zero-order chi connectivity index (χ0) is 19.2. The molecule has 0 bridgehead atoms. The number of nitrogens with one attached hydrogen (secondary N) is 2. The topological polar surface area (TPSA) is 47.6 Å². The molecule has 0 radical (unpaired) electrons. The van der Waals surface area contributed by atoms with Gasteiger partial charge in [0.2, 0.25) is 0 Å². The molecule has 2 aromatic carbocycles. The molecule has 1 fully saturated rings. The number of nitrogens with zero attached hydrogens (tertiary/aromatic N) is 2. The molecule has 144 valence electrons. The van der Waals surface area contributed by atoms with Gasteiger partial charge in [0.05, 0.1) is 0 Å². The van der Waals surface area contributed by atoms with Gasteiger partial charge in [-0.05, 0) is 55.8 Å². The van der Waals surface area contributed by atoms with Crippen LogP contribution in [0.3, 0.4) is 0 Å². The summed E-state index contributed by atoms with van der Waals surface area (Å²) >= 11 is 5.96. The van der Waals surface area contributed by atoms with Gasteiger partial charge < -0.3 is 15.5 Å². The molecular formula is C21H27ClN4O. The van der Waals surface area contributed by atoms with Gasteiger partial charge in [-0.3, -0.25) is 4.90 Å². The van der Waals surface area contributed by atoms with Gasteiger partial charge in [0.25, 0.3) is 0 Å². The number of carbonyl (C=O) groups excluding carboxylic acids is 1. The molecule has 3 rings (SSSR count). The molecule has 0 aliphatic carbocycles. The summed E-state index contributed by atoms with van der Waals surface area (Å²) in [5.41, 5.74) is 2.94. The number of hydrogen-bond acceptors (Lipinski definition) is 3. The second-order valence-corrected chi connectivity index (χ2v) is 7.54. The number of urea groups is 1. The first-order valence-corrected chi connectivity index (χ1v) is 9.77. The largest absolute Gasteiger partial charge is 0.369 e. The van der Waals surface area contributed by atoms with Gasteiger partial charge >= 0.3 is 6.03 Å². The maximum atomic E-state index is 12.1. The molecule has 1 aliphatic heterocycles. The molecule has 0 spiro atoms. The van der Waals surface area contributed by atoms with Crippen LogP contribution in [0.5, 0.6) is 0 Å². The number of carbonyl (C=O) groups is 1. The smallest absolute Gasteiger partial charge is 0.319 e. The fourth-order valence-corrected chi connectivity index (χ4v) is 3.47. The maximum absolute atomic E-state index is 12.1. The number of amides is 2. The van der Waals surface area contributed by atoms with E-state index in [2.05, 4.69) is 46.4 Å². The van der Waals surface area contributed by atoms with E-state index in [4.69, 9.17) is 11.6 Å².